The molecule has 2 aliphatic rings. The number of aromatic nitrogens is 4. The van der Waals surface area contributed by atoms with Gasteiger partial charge in [0.2, 0.25) is 5.91 Å². The number of carbonyl (C=O) groups excluding carboxylic acids is 1. The van der Waals surface area contributed by atoms with Gasteiger partial charge in [0.05, 0.1) is 23.6 Å². The van der Waals surface area contributed by atoms with Crippen molar-refractivity contribution in [3.05, 3.63) is 76.5 Å². The summed E-state index contributed by atoms with van der Waals surface area (Å²) in [6, 6.07) is 14.3. The lowest BCUT2D eigenvalue weighted by Crippen LogP contribution is -2.49. The van der Waals surface area contributed by atoms with Crippen LogP contribution in [0, 0.1) is 12.7 Å². The smallest absolute Gasteiger partial charge is 0.265 e. The third-order valence-electron chi connectivity index (χ3n) is 6.85. The third-order valence-corrected chi connectivity index (χ3v) is 7.95. The van der Waals surface area contributed by atoms with Gasteiger partial charge in [0, 0.05) is 38.4 Å². The molecule has 0 saturated carbocycles. The maximum absolute atomic E-state index is 14.1. The number of aryl methyl sites for hydroxylation is 1. The number of piperazine rings is 1. The van der Waals surface area contributed by atoms with Gasteiger partial charge in [-0.05, 0) is 36.8 Å². The number of amides is 1. The molecular formula is C26H25FN6O2S. The maximum Gasteiger partial charge on any atom is 0.265 e. The van der Waals surface area contributed by atoms with Crippen LogP contribution in [0.3, 0.4) is 0 Å². The number of hydrogen-bond donors (Lipinski definition) is 0. The summed E-state index contributed by atoms with van der Waals surface area (Å²) < 4.78 is 17.5. The Morgan fingerprint density at radius 2 is 1.92 bits per heavy atom. The molecule has 0 radical (unpaired) electrons. The fourth-order valence-corrected chi connectivity index (χ4v) is 6.10. The van der Waals surface area contributed by atoms with Crippen LogP contribution in [0.1, 0.15) is 18.0 Å². The van der Waals surface area contributed by atoms with Crippen LogP contribution in [0.4, 0.5) is 10.1 Å². The minimum absolute atomic E-state index is 0.00378. The molecule has 1 saturated heterocycles. The first kappa shape index (κ1) is 22.8. The zero-order valence-corrected chi connectivity index (χ0v) is 20.6. The van der Waals surface area contributed by atoms with E-state index in [-0.39, 0.29) is 29.7 Å². The number of hydrogen-bond acceptors (Lipinski definition) is 6. The van der Waals surface area contributed by atoms with E-state index >= 15 is 0 Å². The Labute approximate surface area is 211 Å². The van der Waals surface area contributed by atoms with Crippen molar-refractivity contribution in [1.82, 2.24) is 24.2 Å². The first-order valence-corrected chi connectivity index (χ1v) is 13.0. The van der Waals surface area contributed by atoms with E-state index < -0.39 is 0 Å². The molecule has 36 heavy (non-hydrogen) atoms. The maximum atomic E-state index is 14.1. The van der Waals surface area contributed by atoms with Gasteiger partial charge < -0.3 is 9.80 Å². The summed E-state index contributed by atoms with van der Waals surface area (Å²) in [5.41, 5.74) is 2.88. The van der Waals surface area contributed by atoms with Crippen molar-refractivity contribution in [1.29, 1.82) is 0 Å². The van der Waals surface area contributed by atoms with E-state index in [2.05, 4.69) is 5.10 Å². The molecular weight excluding hydrogens is 479 g/mol. The minimum Gasteiger partial charge on any atom is -0.366 e. The number of anilines is 1. The summed E-state index contributed by atoms with van der Waals surface area (Å²) in [5.74, 6) is 0.373. The number of fused-ring (bicyclic) bond motifs is 2. The average Bonchev–Trinajstić information content (AvgIpc) is 3.49. The van der Waals surface area contributed by atoms with Gasteiger partial charge in [-0.1, -0.05) is 36.0 Å². The van der Waals surface area contributed by atoms with Crippen molar-refractivity contribution in [3.63, 3.8) is 0 Å². The lowest BCUT2D eigenvalue weighted by molar-refractivity contribution is -0.132. The van der Waals surface area contributed by atoms with Crippen LogP contribution in [0.15, 0.2) is 64.7 Å². The van der Waals surface area contributed by atoms with Gasteiger partial charge in [-0.15, -0.1) is 0 Å². The molecule has 2 aromatic heterocycles. The quantitative estimate of drug-likeness (QED) is 0.397. The number of para-hydroxylation sites is 1. The Hall–Kier alpha value is -3.66. The van der Waals surface area contributed by atoms with E-state index in [0.29, 0.717) is 53.8 Å². The van der Waals surface area contributed by atoms with Crippen molar-refractivity contribution >= 4 is 34.4 Å². The Morgan fingerprint density at radius 1 is 1.11 bits per heavy atom. The van der Waals surface area contributed by atoms with Crippen molar-refractivity contribution in [2.45, 2.75) is 24.5 Å². The Balaban J connectivity index is 1.19. The van der Waals surface area contributed by atoms with Crippen LogP contribution in [0.5, 0.6) is 0 Å². The number of benzene rings is 2. The van der Waals surface area contributed by atoms with Gasteiger partial charge in [0.15, 0.2) is 10.8 Å². The van der Waals surface area contributed by atoms with Gasteiger partial charge in [0.25, 0.3) is 5.56 Å². The zero-order valence-electron chi connectivity index (χ0n) is 19.8. The van der Waals surface area contributed by atoms with Gasteiger partial charge in [0.1, 0.15) is 11.2 Å². The first-order valence-electron chi connectivity index (χ1n) is 12.0. The molecule has 0 spiro atoms. The standard InChI is InChI=1S/C26H25FN6O2S/c1-17-5-4-6-18(13-17)33-24-20(15-28-33)25(35)32-19(16-36-26(32)29-24)14-23(34)31-11-9-30(10-12-31)22-8-3-2-7-21(22)27/h2-8,13,15,19H,9-12,14,16H2,1H3. The number of rotatable bonds is 4. The lowest BCUT2D eigenvalue weighted by atomic mass is 10.1. The summed E-state index contributed by atoms with van der Waals surface area (Å²) in [5, 5.41) is 5.49. The van der Waals surface area contributed by atoms with E-state index in [0.717, 1.165) is 11.3 Å². The summed E-state index contributed by atoms with van der Waals surface area (Å²) in [6.45, 7) is 4.20. The summed E-state index contributed by atoms with van der Waals surface area (Å²) in [4.78, 5) is 35.1. The number of thioether (sulfide) groups is 1. The topological polar surface area (TPSA) is 76.3 Å². The van der Waals surface area contributed by atoms with Gasteiger partial charge >= 0.3 is 0 Å². The molecule has 4 aromatic rings. The molecule has 2 aliphatic heterocycles. The number of nitrogens with zero attached hydrogens (tertiary/aromatic N) is 6. The normalized spacial score (nSPS) is 17.6. The van der Waals surface area contributed by atoms with Crippen LogP contribution in [0.25, 0.3) is 16.7 Å². The molecule has 8 nitrogen and oxygen atoms in total. The molecule has 1 fully saturated rings. The predicted octanol–water partition coefficient (Wildman–Crippen LogP) is 3.42. The van der Waals surface area contributed by atoms with Crippen molar-refractivity contribution in [2.75, 3.05) is 36.8 Å². The van der Waals surface area contributed by atoms with E-state index in [1.54, 1.807) is 27.6 Å². The van der Waals surface area contributed by atoms with Crippen LogP contribution in [-0.4, -0.2) is 62.1 Å². The number of halogens is 1. The van der Waals surface area contributed by atoms with Gasteiger partial charge in [-0.25, -0.2) is 14.1 Å². The highest BCUT2D eigenvalue weighted by Crippen LogP contribution is 2.34. The molecule has 0 aliphatic carbocycles. The minimum atomic E-state index is -0.256. The Morgan fingerprint density at radius 3 is 2.69 bits per heavy atom. The average molecular weight is 505 g/mol. The van der Waals surface area contributed by atoms with E-state index in [9.17, 15) is 14.0 Å². The van der Waals surface area contributed by atoms with Crippen molar-refractivity contribution in [2.24, 2.45) is 0 Å². The molecule has 10 heteroatoms. The first-order chi connectivity index (χ1) is 17.5. The molecule has 4 heterocycles. The largest absolute Gasteiger partial charge is 0.366 e. The molecule has 6 rings (SSSR count). The van der Waals surface area contributed by atoms with Gasteiger partial charge in [-0.3, -0.25) is 14.2 Å². The van der Waals surface area contributed by atoms with Crippen LogP contribution in [-0.2, 0) is 4.79 Å². The molecule has 0 bridgehead atoms. The second kappa shape index (κ2) is 9.09. The van der Waals surface area contributed by atoms with E-state index in [1.165, 1.54) is 17.8 Å². The summed E-state index contributed by atoms with van der Waals surface area (Å²) >= 11 is 1.49. The zero-order chi connectivity index (χ0) is 24.8. The fourth-order valence-electron chi connectivity index (χ4n) is 4.97. The fraction of sp³-hybridized carbons (Fsp3) is 0.308. The van der Waals surface area contributed by atoms with Crippen LogP contribution in [0.2, 0.25) is 0 Å². The van der Waals surface area contributed by atoms with Crippen LogP contribution < -0.4 is 10.5 Å². The highest BCUT2D eigenvalue weighted by molar-refractivity contribution is 7.99. The molecule has 0 N–H and O–H groups in total. The molecule has 2 aromatic carbocycles. The Bertz CT molecular complexity index is 1520. The second-order valence-corrected chi connectivity index (χ2v) is 10.2. The highest BCUT2D eigenvalue weighted by atomic mass is 32.2. The molecule has 1 atom stereocenters. The molecule has 1 amide bonds. The van der Waals surface area contributed by atoms with Crippen molar-refractivity contribution in [3.8, 4) is 5.69 Å². The van der Waals surface area contributed by atoms with Gasteiger partial charge in [-0.2, -0.15) is 5.10 Å². The van der Waals surface area contributed by atoms with E-state index in [4.69, 9.17) is 4.98 Å². The second-order valence-electron chi connectivity index (χ2n) is 9.19. The van der Waals surface area contributed by atoms with Crippen LogP contribution >= 0.6 is 11.8 Å². The SMILES string of the molecule is Cc1cccc(-n2ncc3c(=O)n4c(nc32)SCC4CC(=O)N2CCN(c3ccccc3F)CC2)c1. The monoisotopic (exact) mass is 504 g/mol. The van der Waals surface area contributed by atoms with Crippen molar-refractivity contribution < 1.29 is 9.18 Å². The highest BCUT2D eigenvalue weighted by Gasteiger charge is 2.32. The lowest BCUT2D eigenvalue weighted by Gasteiger charge is -2.36. The molecule has 184 valence electrons. The molecule has 1 unspecified atom stereocenters. The number of carbonyl (C=O) groups is 1. The summed E-state index contributed by atoms with van der Waals surface area (Å²) in [6.07, 6.45) is 1.79. The predicted molar refractivity (Wildman–Crippen MR) is 137 cm³/mol. The van der Waals surface area contributed by atoms with E-state index in [1.807, 2.05) is 47.1 Å². The Kier molecular flexibility index (Phi) is 5.75. The third kappa shape index (κ3) is 3.95. The summed E-state index contributed by atoms with van der Waals surface area (Å²) in [7, 11) is 0.